The Kier molecular flexibility index (Phi) is 25.1. The molecule has 25 rings (SSSR count). The van der Waals surface area contributed by atoms with Crippen molar-refractivity contribution < 1.29 is 66.9 Å². The quantitative estimate of drug-likeness (QED) is 0.0627. The minimum Gasteiger partial charge on any atom is -0.370 e. The van der Waals surface area contributed by atoms with Gasteiger partial charge in [0.1, 0.15) is 103 Å². The molecule has 45 heteroatoms. The molecule has 10 aliphatic rings. The van der Waals surface area contributed by atoms with Gasteiger partial charge in [0.05, 0.1) is 60.7 Å². The maximum Gasteiger partial charge on any atom is 0.180 e. The molecular formula is C92H92F12N30O3. The van der Waals surface area contributed by atoms with Crippen LogP contribution in [0.2, 0.25) is 0 Å². The lowest BCUT2D eigenvalue weighted by molar-refractivity contribution is -0.0533. The summed E-state index contributed by atoms with van der Waals surface area (Å²) in [6.07, 6.45) is 20.1. The second kappa shape index (κ2) is 37.8. The largest absolute Gasteiger partial charge is 0.370 e. The van der Waals surface area contributed by atoms with Crippen LogP contribution in [0.4, 0.5) is 52.7 Å². The fraction of sp³-hybridized carbons (Fsp3) is 0.402. The summed E-state index contributed by atoms with van der Waals surface area (Å²) < 4.78 is 190. The monoisotopic (exact) mass is 1890 g/mol. The van der Waals surface area contributed by atoms with E-state index in [0.717, 1.165) is 178 Å². The molecule has 5 unspecified atom stereocenters. The fourth-order valence-corrected chi connectivity index (χ4v) is 21.4. The van der Waals surface area contributed by atoms with Crippen molar-refractivity contribution in [1.29, 1.82) is 0 Å². The van der Waals surface area contributed by atoms with Crippen LogP contribution in [0.1, 0.15) is 172 Å². The van der Waals surface area contributed by atoms with Gasteiger partial charge in [-0.2, -0.15) is 35.7 Å². The number of hydrogen-bond acceptors (Lipinski definition) is 28. The predicted octanol–water partition coefficient (Wildman–Crippen LogP) is 9.77. The minimum absolute atomic E-state index is 0.00512. The number of fused-ring (bicyclic) bond motifs is 15. The highest BCUT2D eigenvalue weighted by atomic mass is 19.2. The Morgan fingerprint density at radius 2 is 0.577 bits per heavy atom. The first-order chi connectivity index (χ1) is 66.3. The van der Waals surface area contributed by atoms with E-state index in [9.17, 15) is 52.7 Å². The Labute approximate surface area is 772 Å². The first-order valence-electron chi connectivity index (χ1n) is 45.1. The van der Waals surface area contributed by atoms with E-state index in [1.807, 2.05) is 0 Å². The molecule has 3 saturated heterocycles. The molecule has 2 saturated carbocycles. The van der Waals surface area contributed by atoms with Gasteiger partial charge in [-0.15, -0.1) is 9.26 Å². The summed E-state index contributed by atoms with van der Waals surface area (Å²) in [4.78, 5) is 45.0. The van der Waals surface area contributed by atoms with Gasteiger partial charge in [-0.25, -0.2) is 106 Å². The summed E-state index contributed by atoms with van der Waals surface area (Å²) >= 11 is 0. The molecule has 712 valence electrons. The fourth-order valence-electron chi connectivity index (χ4n) is 21.4. The molecule has 0 spiro atoms. The first-order valence-corrected chi connectivity index (χ1v) is 45.1. The van der Waals surface area contributed by atoms with Crippen LogP contribution in [-0.4, -0.2) is 203 Å². The van der Waals surface area contributed by atoms with Crippen molar-refractivity contribution >= 4 is 28.2 Å². The Morgan fingerprint density at radius 1 is 0.277 bits per heavy atom. The zero-order valence-electron chi connectivity index (χ0n) is 73.3. The first kappa shape index (κ1) is 90.9. The van der Waals surface area contributed by atoms with E-state index in [0.29, 0.717) is 121 Å². The number of hydrogen-bond donors (Lipinski definition) is 5. The van der Waals surface area contributed by atoms with Crippen LogP contribution in [0, 0.1) is 69.8 Å². The number of benzene rings is 5. The molecule has 15 atom stereocenters. The molecule has 5 aromatic carbocycles. The summed E-state index contributed by atoms with van der Waals surface area (Å²) in [5.74, 6) is -9.38. The van der Waals surface area contributed by atoms with Gasteiger partial charge >= 0.3 is 0 Å². The van der Waals surface area contributed by atoms with Crippen molar-refractivity contribution in [3.05, 3.63) is 296 Å². The van der Waals surface area contributed by atoms with E-state index < -0.39 is 100 Å². The minimum atomic E-state index is -1.23. The molecule has 0 radical (unpaired) electrons. The molecule has 10 N–H and O–H groups in total. The second-order valence-corrected chi connectivity index (χ2v) is 36.5. The Morgan fingerprint density at radius 3 is 0.942 bits per heavy atom. The molecular weight excluding hydrogens is 1800 g/mol. The van der Waals surface area contributed by atoms with Gasteiger partial charge in [0.2, 0.25) is 0 Å². The zero-order chi connectivity index (χ0) is 94.5. The topological polar surface area (TPSA) is 389 Å². The Hall–Kier alpha value is -12.5. The maximum absolute atomic E-state index is 14.2. The van der Waals surface area contributed by atoms with Crippen molar-refractivity contribution in [2.45, 2.75) is 214 Å². The van der Waals surface area contributed by atoms with Gasteiger partial charge in [-0.1, -0.05) is 0 Å². The van der Waals surface area contributed by atoms with Crippen molar-refractivity contribution in [3.8, 4) is 0 Å². The van der Waals surface area contributed by atoms with E-state index in [-0.39, 0.29) is 76.2 Å². The highest BCUT2D eigenvalue weighted by Gasteiger charge is 2.45. The molecule has 5 fully saturated rings. The van der Waals surface area contributed by atoms with Gasteiger partial charge in [-0.3, -0.25) is 24.5 Å². The SMILES string of the molecule is N[C@H]1C[C@@H](N2Cc3nn4cncnc4c3C2)CCC1c1cc(F)c(F)cc1F.N[C@H]1C[C@@H](N2Cc3nn4cncnc4c3C2)CCC1c1cc(F)ccc1F.N[C@H]1C[C@@H](N2Cc3nn4cncnc4c3C2)COC1c1cc(F)ccc1F.N[C@H]1C[C@@H](N2Cc3nn4nccnc4c3C2)COC1c1cc(F)c(F)cc1F.N[C@H]1C[C@@H](N2Cc3nn4nccnc4c3C2)COC1c1cc(F)ccc1F. The maximum atomic E-state index is 14.2. The normalized spacial score (nSPS) is 25.6. The van der Waals surface area contributed by atoms with Crippen molar-refractivity contribution in [3.63, 3.8) is 0 Å². The highest BCUT2D eigenvalue weighted by molar-refractivity contribution is 5.55. The van der Waals surface area contributed by atoms with Gasteiger partial charge < -0.3 is 42.9 Å². The lowest BCUT2D eigenvalue weighted by atomic mass is 9.77. The van der Waals surface area contributed by atoms with Crippen LogP contribution < -0.4 is 28.7 Å². The predicted molar refractivity (Wildman–Crippen MR) is 464 cm³/mol. The number of nitrogens with zero attached hydrogens (tertiary/aromatic N) is 25. The van der Waals surface area contributed by atoms with Gasteiger partial charge in [-0.05, 0) is 136 Å². The van der Waals surface area contributed by atoms with Crippen molar-refractivity contribution in [2.75, 3.05) is 19.8 Å². The molecule has 137 heavy (non-hydrogen) atoms. The van der Waals surface area contributed by atoms with Crippen LogP contribution in [0.5, 0.6) is 0 Å². The lowest BCUT2D eigenvalue weighted by Gasteiger charge is -2.38. The van der Waals surface area contributed by atoms with Crippen LogP contribution in [0.3, 0.4) is 0 Å². The molecule has 0 bridgehead atoms. The van der Waals surface area contributed by atoms with E-state index in [2.05, 4.69) is 100 Å². The standard InChI is InChI=1S/C19H19F3N6.C19H20F2N6.C18H17F3N6O.2C18H18F2N6O/c20-14-5-16(22)15(21)4-12(14)11-2-1-10(3-17(11)23)27-6-13-18(7-27)26-28-9-24-8-25-19(13)28;20-11-1-4-16(21)14(5-11)13-3-2-12(6-17(13)22)26-7-15-18(8-26)25-27-10-23-9-24-19(15)27;19-12-5-14(21)13(20)4-10(12)17-15(22)3-9(8-28-17)26-6-11-16(7-26)25-27-18(11)23-1-2-24-27;19-10-1-2-14(20)12(3-10)17-15(21)4-11(7-27-17)25-5-13-16(6-25)24-26-9-22-8-23-18(13)26;19-10-1-2-14(20)12(5-10)17-15(21)6-11(9-27-17)25-7-13-16(8-25)24-26-18(13)22-3-4-23-26/h4-5,8-11,17H,1-3,6-7,23H2;1,4-5,9-10,12-13,17H,2-3,6-8,22H2;1-2,4-5,9,15,17H,3,6-8,22H2;1-3,8-9,11,15,17H,4-7,21H2;1-5,11,15,17H,6-9,21H2/t10-,11?,17-;12-,13?,17-;9-,15+,17?;2*11-,15+,17?/m00111/s1. The third-order valence-electron chi connectivity index (χ3n) is 28.2. The molecule has 8 aliphatic heterocycles. The zero-order valence-corrected chi connectivity index (χ0v) is 73.3. The average Bonchev–Trinajstić information content (AvgIpc) is 1.63. The number of nitrogens with two attached hydrogens (primary N) is 5. The molecule has 10 aromatic heterocycles. The summed E-state index contributed by atoms with van der Waals surface area (Å²) in [5.41, 5.74) is 46.6. The van der Waals surface area contributed by atoms with Crippen LogP contribution in [0.15, 0.2) is 142 Å². The lowest BCUT2D eigenvalue weighted by Crippen LogP contribution is -2.47. The third kappa shape index (κ3) is 18.0. The van der Waals surface area contributed by atoms with Gasteiger partial charge in [0, 0.05) is 207 Å². The van der Waals surface area contributed by atoms with E-state index in [1.165, 1.54) is 41.8 Å². The Balaban J connectivity index is 0.000000102. The summed E-state index contributed by atoms with van der Waals surface area (Å²) in [5, 5.41) is 30.9. The van der Waals surface area contributed by atoms with Crippen LogP contribution in [-0.2, 0) is 79.7 Å². The third-order valence-corrected chi connectivity index (χ3v) is 28.2. The van der Waals surface area contributed by atoms with Crippen molar-refractivity contribution in [2.24, 2.45) is 28.7 Å². The smallest absolute Gasteiger partial charge is 0.180 e. The summed E-state index contributed by atoms with van der Waals surface area (Å²) in [6, 6.07) is 12.1. The molecule has 33 nitrogen and oxygen atoms in total. The van der Waals surface area contributed by atoms with Crippen LogP contribution >= 0.6 is 0 Å². The summed E-state index contributed by atoms with van der Waals surface area (Å²) in [7, 11) is 0. The molecule has 15 aromatic rings. The number of aromatic nitrogens is 20. The number of halogens is 12. The van der Waals surface area contributed by atoms with Crippen LogP contribution in [0.25, 0.3) is 28.2 Å². The van der Waals surface area contributed by atoms with E-state index >= 15 is 0 Å². The number of rotatable bonds is 10. The number of ether oxygens (including phenoxy) is 3. The second-order valence-electron chi connectivity index (χ2n) is 36.5. The Bertz CT molecular complexity index is 6480. The highest BCUT2D eigenvalue weighted by Crippen LogP contribution is 2.44. The molecule has 0 amide bonds. The van der Waals surface area contributed by atoms with Gasteiger partial charge in [0.15, 0.2) is 51.5 Å². The molecule has 2 aliphatic carbocycles. The van der Waals surface area contributed by atoms with Gasteiger partial charge in [0.25, 0.3) is 0 Å². The molecule has 18 heterocycles. The van der Waals surface area contributed by atoms with E-state index in [1.54, 1.807) is 61.9 Å². The van der Waals surface area contributed by atoms with E-state index in [4.69, 9.17) is 42.9 Å². The summed E-state index contributed by atoms with van der Waals surface area (Å²) in [6.45, 7) is 8.09. The van der Waals surface area contributed by atoms with Crippen molar-refractivity contribution in [1.82, 2.24) is 123 Å². The average molecular weight is 1890 g/mol.